The Morgan fingerprint density at radius 3 is 2.62 bits per heavy atom. The van der Waals surface area contributed by atoms with Gasteiger partial charge in [-0.2, -0.15) is 30.3 Å². The van der Waals surface area contributed by atoms with Crippen molar-refractivity contribution in [2.24, 2.45) is 0 Å². The van der Waals surface area contributed by atoms with E-state index in [1.807, 2.05) is 24.3 Å². The molecule has 66 valence electrons. The van der Waals surface area contributed by atoms with Crippen molar-refractivity contribution in [3.63, 3.8) is 0 Å². The van der Waals surface area contributed by atoms with Crippen LogP contribution in [0.2, 0.25) is 0 Å². The van der Waals surface area contributed by atoms with Crippen molar-refractivity contribution in [3.8, 4) is 0 Å². The van der Waals surface area contributed by atoms with E-state index in [1.54, 1.807) is 6.08 Å². The van der Waals surface area contributed by atoms with Crippen LogP contribution in [0.4, 0.5) is 0 Å². The second-order valence-corrected chi connectivity index (χ2v) is 2.21. The number of benzene rings is 1. The van der Waals surface area contributed by atoms with Crippen molar-refractivity contribution in [2.45, 2.75) is 6.61 Å². The molecule has 0 fully saturated rings. The van der Waals surface area contributed by atoms with E-state index in [1.165, 1.54) is 21.9 Å². The predicted molar refractivity (Wildman–Crippen MR) is 54.1 cm³/mol. The zero-order valence-electron chi connectivity index (χ0n) is 7.50. The summed E-state index contributed by atoms with van der Waals surface area (Å²) in [5.74, 6) is 0. The quantitative estimate of drug-likeness (QED) is 0.359. The van der Waals surface area contributed by atoms with E-state index in [-0.39, 0.29) is 0 Å². The van der Waals surface area contributed by atoms with Gasteiger partial charge in [0.15, 0.2) is 0 Å². The molecule has 1 nitrogen and oxygen atoms in total. The summed E-state index contributed by atoms with van der Waals surface area (Å²) in [6.45, 7) is 4.82. The average Bonchev–Trinajstić information content (AvgIpc) is 2.23. The number of halogens is 1. The van der Waals surface area contributed by atoms with E-state index in [0.29, 0.717) is 13.2 Å². The molecule has 0 aromatic heterocycles. The van der Waals surface area contributed by atoms with Gasteiger partial charge in [0.2, 0.25) is 0 Å². The third kappa shape index (κ3) is 7.12. The van der Waals surface area contributed by atoms with Crippen LogP contribution in [0.3, 0.4) is 0 Å². The van der Waals surface area contributed by atoms with E-state index in [0.717, 1.165) is 0 Å². The van der Waals surface area contributed by atoms with Crippen molar-refractivity contribution in [1.82, 2.24) is 0 Å². The predicted octanol–water partition coefficient (Wildman–Crippen LogP) is 3.03. The maximum atomic E-state index is 5.24. The van der Waals surface area contributed by atoms with Crippen molar-refractivity contribution >= 4 is 13.6 Å². The molecule has 0 atom stereocenters. The van der Waals surface area contributed by atoms with Crippen molar-refractivity contribution < 1.29 is 21.1 Å². The van der Waals surface area contributed by atoms with E-state index >= 15 is 0 Å². The second kappa shape index (κ2) is 10.1. The Kier molecular flexibility index (Phi) is 10.1. The Bertz CT molecular complexity index is 213. The van der Waals surface area contributed by atoms with Gasteiger partial charge in [0.25, 0.3) is 0 Å². The van der Waals surface area contributed by atoms with Crippen LogP contribution >= 0.6 is 13.6 Å². The van der Waals surface area contributed by atoms with Gasteiger partial charge in [0.05, 0.1) is 13.2 Å². The Balaban J connectivity index is 0.000000671. The number of hydrogen-bond acceptors (Lipinski definition) is 1. The molecule has 0 radical (unpaired) electrons. The molecule has 1 aromatic rings. The molecule has 0 aliphatic heterocycles. The topological polar surface area (TPSA) is 9.23 Å². The fraction of sp³-hybridized carbons (Fsp3) is 0.200. The Morgan fingerprint density at radius 2 is 2.08 bits per heavy atom. The fourth-order valence-corrected chi connectivity index (χ4v) is 0.778. The molecule has 0 amide bonds. The molecule has 0 aliphatic rings. The van der Waals surface area contributed by atoms with Crippen LogP contribution in [0.15, 0.2) is 36.9 Å². The van der Waals surface area contributed by atoms with Crippen molar-refractivity contribution in [3.05, 3.63) is 48.6 Å². The minimum atomic E-state index is 0.610. The molecule has 13 heavy (non-hydrogen) atoms. The zero-order chi connectivity index (χ0) is 9.94. The maximum absolute atomic E-state index is 5.24. The zero-order valence-corrected chi connectivity index (χ0v) is 12.1. The van der Waals surface area contributed by atoms with Crippen molar-refractivity contribution in [1.29, 1.82) is 0 Å². The van der Waals surface area contributed by atoms with E-state index in [2.05, 4.69) is 26.3 Å². The molecule has 0 unspecified atom stereocenters. The molecule has 1 aromatic carbocycles. The molecule has 0 N–H and O–H groups in total. The summed E-state index contributed by atoms with van der Waals surface area (Å²) in [4.78, 5) is 0. The molecular weight excluding hydrogens is 281 g/mol. The summed E-state index contributed by atoms with van der Waals surface area (Å²) in [5.41, 5.74) is 1.17. The van der Waals surface area contributed by atoms with Gasteiger partial charge in [-0.15, -0.1) is 12.1 Å². The van der Waals surface area contributed by atoms with Crippen LogP contribution in [-0.4, -0.2) is 6.61 Å². The van der Waals surface area contributed by atoms with Gasteiger partial charge in [-0.25, -0.2) is 0 Å². The van der Waals surface area contributed by atoms with Crippen LogP contribution in [0.25, 0.3) is 0 Å². The van der Waals surface area contributed by atoms with Crippen LogP contribution in [0.5, 0.6) is 0 Å². The monoisotopic (exact) mass is 290 g/mol. The fourth-order valence-electron chi connectivity index (χ4n) is 0.778. The third-order valence-corrected chi connectivity index (χ3v) is 1.29. The minimum absolute atomic E-state index is 0.610. The summed E-state index contributed by atoms with van der Waals surface area (Å²) in [7, 11) is 0. The molecule has 1 rings (SSSR count). The van der Waals surface area contributed by atoms with Crippen molar-refractivity contribution in [2.75, 3.05) is 6.61 Å². The summed E-state index contributed by atoms with van der Waals surface area (Å²) in [6, 6.07) is 10.7. The number of hydrogen-bond donors (Lipinski definition) is 0. The number of ether oxygens (including phenoxy) is 1. The molecular formula is C10H11BrOZn. The first kappa shape index (κ1) is 13.0. The first-order valence-electron chi connectivity index (χ1n) is 3.84. The van der Waals surface area contributed by atoms with Crippen LogP contribution in [0.1, 0.15) is 5.56 Å². The first-order chi connectivity index (χ1) is 6.43. The second-order valence-electron chi connectivity index (χ2n) is 2.21. The summed E-state index contributed by atoms with van der Waals surface area (Å²) in [6.07, 6.45) is 1.75. The molecule has 0 aliphatic carbocycles. The Labute approximate surface area is 96.2 Å². The molecule has 0 saturated heterocycles. The van der Waals surface area contributed by atoms with Crippen LogP contribution < -0.4 is 0 Å². The molecule has 3 heteroatoms. The van der Waals surface area contributed by atoms with Gasteiger partial charge in [-0.3, -0.25) is 0 Å². The van der Waals surface area contributed by atoms with Gasteiger partial charge >= 0.3 is 30.0 Å². The summed E-state index contributed by atoms with van der Waals surface area (Å²) in [5, 5.41) is 0. The third-order valence-electron chi connectivity index (χ3n) is 1.29. The molecule has 0 bridgehead atoms. The standard InChI is InChI=1S/C10H11O.BrH.Zn/c1-2-8-11-9-10-6-4-3-5-7-10;;/h2,4-7H,1,8-9H2;1H;/q-1;;+2/p-1. The summed E-state index contributed by atoms with van der Waals surface area (Å²) < 4.78 is 5.24. The molecule has 0 heterocycles. The van der Waals surface area contributed by atoms with Crippen LogP contribution in [0, 0.1) is 6.07 Å². The van der Waals surface area contributed by atoms with Gasteiger partial charge in [-0.1, -0.05) is 6.08 Å². The number of rotatable bonds is 4. The van der Waals surface area contributed by atoms with Crippen LogP contribution in [-0.2, 0) is 27.7 Å². The van der Waals surface area contributed by atoms with Gasteiger partial charge in [0, 0.05) is 0 Å². The van der Waals surface area contributed by atoms with E-state index in [9.17, 15) is 0 Å². The normalized spacial score (nSPS) is 8.54. The Morgan fingerprint density at radius 1 is 1.46 bits per heavy atom. The SMILES string of the molecule is C=CCOCc1cc[c-]cc1.[Zn+][Br]. The van der Waals surface area contributed by atoms with Gasteiger partial charge in [0.1, 0.15) is 0 Å². The van der Waals surface area contributed by atoms with Gasteiger partial charge in [-0.05, 0) is 0 Å². The Hall–Kier alpha value is 0.0234. The van der Waals surface area contributed by atoms with Gasteiger partial charge < -0.3 is 4.74 Å². The average molecular weight is 292 g/mol. The molecule has 0 spiro atoms. The van der Waals surface area contributed by atoms with E-state index in [4.69, 9.17) is 4.74 Å². The first-order valence-corrected chi connectivity index (χ1v) is 10.8. The summed E-state index contributed by atoms with van der Waals surface area (Å²) >= 11 is 4.25. The molecule has 0 saturated carbocycles. The van der Waals surface area contributed by atoms with E-state index < -0.39 is 0 Å².